The number of rotatable bonds is 6. The standard InChI is InChI=1S/C25H29Cl2N5O5S/c1-14-10-15(26)11-17(23(33)30-25(2,3)4)21(14)29-24(34)19-12-20(37-16-7-9-38(35,36)13-16)31-32(19)22-18(27)6-5-8-28-22/h5-6,8,10-12,16,35-36H,7,9,13H2,1-4H3,(H,29,34)(H,30,33). The third-order valence-corrected chi connectivity index (χ3v) is 7.95. The van der Waals surface area contributed by atoms with E-state index in [1.165, 1.54) is 23.0 Å². The van der Waals surface area contributed by atoms with Crippen molar-refractivity contribution >= 4 is 51.3 Å². The van der Waals surface area contributed by atoms with Gasteiger partial charge in [-0.2, -0.15) is 10.6 Å². The molecule has 1 aliphatic rings. The summed E-state index contributed by atoms with van der Waals surface area (Å²) < 4.78 is 27.0. The smallest absolute Gasteiger partial charge is 0.274 e. The lowest BCUT2D eigenvalue weighted by atomic mass is 10.0. The first-order valence-electron chi connectivity index (χ1n) is 11.8. The highest BCUT2D eigenvalue weighted by Crippen LogP contribution is 2.46. The van der Waals surface area contributed by atoms with E-state index >= 15 is 0 Å². The van der Waals surface area contributed by atoms with Crippen molar-refractivity contribution in [3.63, 3.8) is 0 Å². The molecular formula is C25H29Cl2N5O5S. The Morgan fingerprint density at radius 3 is 2.55 bits per heavy atom. The van der Waals surface area contributed by atoms with Gasteiger partial charge >= 0.3 is 0 Å². The molecule has 3 heterocycles. The van der Waals surface area contributed by atoms with E-state index in [1.54, 1.807) is 25.1 Å². The molecule has 4 rings (SSSR count). The van der Waals surface area contributed by atoms with Crippen molar-refractivity contribution in [2.45, 2.75) is 45.8 Å². The summed E-state index contributed by atoms with van der Waals surface area (Å²) in [5.74, 6) is -0.375. The van der Waals surface area contributed by atoms with Crippen molar-refractivity contribution in [2.75, 3.05) is 16.8 Å². The van der Waals surface area contributed by atoms with E-state index in [-0.39, 0.29) is 45.2 Å². The average molecular weight is 583 g/mol. The van der Waals surface area contributed by atoms with Crippen LogP contribution in [0.4, 0.5) is 5.69 Å². The van der Waals surface area contributed by atoms with Crippen LogP contribution in [0.1, 0.15) is 53.6 Å². The van der Waals surface area contributed by atoms with Crippen LogP contribution in [-0.4, -0.2) is 58.8 Å². The second kappa shape index (κ2) is 10.7. The first-order valence-corrected chi connectivity index (χ1v) is 14.4. The number of aryl methyl sites for hydroxylation is 1. The van der Waals surface area contributed by atoms with Gasteiger partial charge in [0.1, 0.15) is 11.8 Å². The molecule has 2 amide bonds. The number of halogens is 2. The summed E-state index contributed by atoms with van der Waals surface area (Å²) in [5.41, 5.74) is 0.597. The molecule has 1 saturated heterocycles. The second-order valence-electron chi connectivity index (χ2n) is 10.1. The summed E-state index contributed by atoms with van der Waals surface area (Å²) in [6, 6.07) is 7.81. The number of nitrogens with zero attached hydrogens (tertiary/aromatic N) is 3. The average Bonchev–Trinajstić information content (AvgIpc) is 3.37. The molecule has 38 heavy (non-hydrogen) atoms. The Morgan fingerprint density at radius 1 is 1.18 bits per heavy atom. The third kappa shape index (κ3) is 6.59. The molecule has 1 atom stereocenters. The highest BCUT2D eigenvalue weighted by molar-refractivity contribution is 8.24. The van der Waals surface area contributed by atoms with Crippen molar-refractivity contribution in [3.8, 4) is 11.7 Å². The minimum Gasteiger partial charge on any atom is -0.472 e. The first-order chi connectivity index (χ1) is 17.7. The molecule has 0 bridgehead atoms. The highest BCUT2D eigenvalue weighted by Gasteiger charge is 2.31. The maximum atomic E-state index is 13.6. The van der Waals surface area contributed by atoms with Gasteiger partial charge in [0.15, 0.2) is 5.82 Å². The number of pyridine rings is 1. The Kier molecular flexibility index (Phi) is 7.96. The van der Waals surface area contributed by atoms with Crippen LogP contribution in [0.25, 0.3) is 5.82 Å². The Hall–Kier alpha value is -2.83. The zero-order chi connectivity index (χ0) is 27.8. The molecule has 0 saturated carbocycles. The van der Waals surface area contributed by atoms with E-state index in [0.29, 0.717) is 17.0 Å². The van der Waals surface area contributed by atoms with Crippen LogP contribution in [0.15, 0.2) is 36.5 Å². The van der Waals surface area contributed by atoms with Crippen molar-refractivity contribution in [1.82, 2.24) is 20.1 Å². The van der Waals surface area contributed by atoms with Crippen LogP contribution in [0.3, 0.4) is 0 Å². The largest absolute Gasteiger partial charge is 0.472 e. The van der Waals surface area contributed by atoms with Gasteiger partial charge in [-0.05, 0) is 57.5 Å². The van der Waals surface area contributed by atoms with Gasteiger partial charge in [0.05, 0.1) is 22.0 Å². The fourth-order valence-electron chi connectivity index (χ4n) is 4.00. The summed E-state index contributed by atoms with van der Waals surface area (Å²) in [4.78, 5) is 31.0. The van der Waals surface area contributed by atoms with Gasteiger partial charge in [-0.15, -0.1) is 5.10 Å². The van der Waals surface area contributed by atoms with E-state index in [0.717, 1.165) is 0 Å². The number of hydrogen-bond donors (Lipinski definition) is 4. The number of anilines is 1. The van der Waals surface area contributed by atoms with E-state index in [2.05, 4.69) is 20.7 Å². The van der Waals surface area contributed by atoms with Gasteiger partial charge < -0.3 is 15.4 Å². The van der Waals surface area contributed by atoms with Crippen LogP contribution < -0.4 is 15.4 Å². The van der Waals surface area contributed by atoms with Gasteiger partial charge in [-0.25, -0.2) is 9.67 Å². The van der Waals surface area contributed by atoms with Gasteiger partial charge in [0.25, 0.3) is 11.8 Å². The molecule has 0 aliphatic carbocycles. The number of ether oxygens (including phenoxy) is 1. The third-order valence-electron chi connectivity index (χ3n) is 5.64. The zero-order valence-electron chi connectivity index (χ0n) is 21.3. The van der Waals surface area contributed by atoms with Gasteiger partial charge in [-0.1, -0.05) is 23.2 Å². The number of amides is 2. The maximum Gasteiger partial charge on any atom is 0.274 e. The lowest BCUT2D eigenvalue weighted by molar-refractivity contribution is 0.0920. The molecule has 3 aromatic rings. The number of carbonyl (C=O) groups is 2. The van der Waals surface area contributed by atoms with E-state index in [9.17, 15) is 18.7 Å². The van der Waals surface area contributed by atoms with Crippen LogP contribution in [0.2, 0.25) is 10.0 Å². The molecule has 13 heteroatoms. The van der Waals surface area contributed by atoms with Crippen molar-refractivity contribution in [3.05, 3.63) is 63.4 Å². The van der Waals surface area contributed by atoms with Crippen LogP contribution in [0.5, 0.6) is 5.88 Å². The molecule has 0 spiro atoms. The normalized spacial score (nSPS) is 17.6. The summed E-state index contributed by atoms with van der Waals surface area (Å²) in [5, 5.41) is 10.7. The predicted molar refractivity (Wildman–Crippen MR) is 149 cm³/mol. The van der Waals surface area contributed by atoms with E-state index in [4.69, 9.17) is 27.9 Å². The Morgan fingerprint density at radius 2 is 1.92 bits per heavy atom. The fourth-order valence-corrected chi connectivity index (χ4v) is 6.11. The molecule has 204 valence electrons. The van der Waals surface area contributed by atoms with Gasteiger partial charge in [0.2, 0.25) is 5.88 Å². The number of carbonyl (C=O) groups excluding carboxylic acids is 2. The quantitative estimate of drug-likeness (QED) is 0.298. The summed E-state index contributed by atoms with van der Waals surface area (Å²) in [6.07, 6.45) is 1.48. The van der Waals surface area contributed by atoms with Crippen LogP contribution >= 0.6 is 33.8 Å². The lowest BCUT2D eigenvalue weighted by Gasteiger charge is -2.25. The molecule has 1 aliphatic heterocycles. The molecule has 10 nitrogen and oxygen atoms in total. The molecule has 1 aromatic carbocycles. The Labute approximate surface area is 232 Å². The summed E-state index contributed by atoms with van der Waals surface area (Å²) >= 11 is 12.6. The van der Waals surface area contributed by atoms with Crippen molar-refractivity contribution in [1.29, 1.82) is 0 Å². The predicted octanol–water partition coefficient (Wildman–Crippen LogP) is 5.56. The van der Waals surface area contributed by atoms with Gasteiger partial charge in [0, 0.05) is 35.0 Å². The summed E-state index contributed by atoms with van der Waals surface area (Å²) in [6.45, 7) is 7.28. The van der Waals surface area contributed by atoms with Crippen LogP contribution in [0, 0.1) is 6.92 Å². The van der Waals surface area contributed by atoms with Crippen LogP contribution in [-0.2, 0) is 0 Å². The number of nitrogens with one attached hydrogen (secondary N) is 2. The second-order valence-corrected chi connectivity index (χ2v) is 13.3. The van der Waals surface area contributed by atoms with E-state index < -0.39 is 34.0 Å². The minimum atomic E-state index is -2.69. The minimum absolute atomic E-state index is 0.0433. The number of aromatic nitrogens is 3. The molecule has 1 unspecified atom stereocenters. The van der Waals surface area contributed by atoms with Crippen molar-refractivity contribution in [2.24, 2.45) is 0 Å². The molecule has 2 aromatic heterocycles. The number of hydrogen-bond acceptors (Lipinski definition) is 7. The lowest BCUT2D eigenvalue weighted by Crippen LogP contribution is -2.41. The first kappa shape index (κ1) is 28.2. The van der Waals surface area contributed by atoms with Gasteiger partial charge in [-0.3, -0.25) is 18.7 Å². The Bertz CT molecular complexity index is 1390. The zero-order valence-corrected chi connectivity index (χ0v) is 23.6. The van der Waals surface area contributed by atoms with E-state index in [1.807, 2.05) is 20.8 Å². The molecule has 0 radical (unpaired) electrons. The SMILES string of the molecule is Cc1cc(Cl)cc(C(=O)NC(C)(C)C)c1NC(=O)c1cc(OC2CCS(O)(O)C2)nn1-c1ncccc1Cl. The summed E-state index contributed by atoms with van der Waals surface area (Å²) in [7, 11) is -2.69. The maximum absolute atomic E-state index is 13.6. The molecule has 4 N–H and O–H groups in total. The Balaban J connectivity index is 1.71. The topological polar surface area (TPSA) is 139 Å². The monoisotopic (exact) mass is 581 g/mol. The fraction of sp³-hybridized carbons (Fsp3) is 0.360. The highest BCUT2D eigenvalue weighted by atomic mass is 35.5. The molecular weight excluding hydrogens is 553 g/mol. The van der Waals surface area contributed by atoms with Crippen molar-refractivity contribution < 1.29 is 23.4 Å². The number of benzene rings is 1. The molecule has 1 fully saturated rings.